The first-order chi connectivity index (χ1) is 12.9. The third-order valence-corrected chi connectivity index (χ3v) is 3.43. The summed E-state index contributed by atoms with van der Waals surface area (Å²) in [6.07, 6.45) is 9.80. The summed E-state index contributed by atoms with van der Waals surface area (Å²) < 4.78 is 5.16. The number of benzene rings is 1. The molecule has 152 valence electrons. The van der Waals surface area contributed by atoms with E-state index in [1.165, 1.54) is 18.9 Å². The predicted octanol–water partition coefficient (Wildman–Crippen LogP) is 4.18. The Labute approximate surface area is 165 Å². The second-order valence-electron chi connectivity index (χ2n) is 5.99. The highest BCUT2D eigenvalue weighted by atomic mass is 16.5. The Morgan fingerprint density at radius 2 is 1.70 bits per heavy atom. The minimum atomic E-state index is 0.639. The van der Waals surface area contributed by atoms with Crippen LogP contribution in [0.15, 0.2) is 55.7 Å². The number of allylic oxidation sites excluding steroid dienone is 4. The molecule has 0 aromatic heterocycles. The fraction of sp³-hybridized carbons (Fsp3) is 0.409. The number of carbonyl (C=O) groups excluding carboxylic acids is 1. The quantitative estimate of drug-likeness (QED) is 0.231. The van der Waals surface area contributed by atoms with Crippen LogP contribution < -0.4 is 15.4 Å². The molecule has 1 aromatic rings. The van der Waals surface area contributed by atoms with Gasteiger partial charge in [0, 0.05) is 19.3 Å². The number of nitrogen functional groups attached to an aromatic ring is 1. The van der Waals surface area contributed by atoms with E-state index in [2.05, 4.69) is 44.1 Å². The van der Waals surface area contributed by atoms with E-state index in [1.54, 1.807) is 13.2 Å². The Morgan fingerprint density at radius 1 is 1.11 bits per heavy atom. The molecule has 5 nitrogen and oxygen atoms in total. The standard InChI is InChI=1S/C14H25N3O.C5H8.C3H4O/c1-16(2)9-5-6-10-17(3)12-7-8-14(18-4)13(15)11-12;1-3-5-4-2;1-2-3-4/h7-8,11H,5-6,9-10,15H2,1-4H3;3-5H,1H2,2H3;2-3H,1H2/b;5-4+;. The summed E-state index contributed by atoms with van der Waals surface area (Å²) in [5.74, 6) is 0.736. The average Bonchev–Trinajstić information content (AvgIpc) is 2.66. The third kappa shape index (κ3) is 15.4. The van der Waals surface area contributed by atoms with Gasteiger partial charge in [-0.05, 0) is 64.7 Å². The molecule has 0 saturated heterocycles. The van der Waals surface area contributed by atoms with E-state index in [9.17, 15) is 0 Å². The third-order valence-electron chi connectivity index (χ3n) is 3.43. The van der Waals surface area contributed by atoms with Crippen LogP contribution in [0.1, 0.15) is 19.8 Å². The number of anilines is 2. The molecule has 1 rings (SSSR count). The average molecular weight is 376 g/mol. The highest BCUT2D eigenvalue weighted by molar-refractivity contribution is 5.63. The van der Waals surface area contributed by atoms with Gasteiger partial charge >= 0.3 is 0 Å². The van der Waals surface area contributed by atoms with Crippen LogP contribution in [-0.2, 0) is 4.79 Å². The summed E-state index contributed by atoms with van der Waals surface area (Å²) in [6.45, 7) is 10.7. The topological polar surface area (TPSA) is 58.8 Å². The second-order valence-corrected chi connectivity index (χ2v) is 5.99. The zero-order chi connectivity index (χ0) is 21.1. The minimum absolute atomic E-state index is 0.639. The Bertz CT molecular complexity index is 548. The van der Waals surface area contributed by atoms with Crippen molar-refractivity contribution in [2.24, 2.45) is 0 Å². The maximum atomic E-state index is 9.06. The van der Waals surface area contributed by atoms with Gasteiger partial charge < -0.3 is 20.3 Å². The smallest absolute Gasteiger partial charge is 0.142 e. The number of nitrogens with zero attached hydrogens (tertiary/aromatic N) is 2. The van der Waals surface area contributed by atoms with Gasteiger partial charge in [-0.1, -0.05) is 31.4 Å². The lowest BCUT2D eigenvalue weighted by molar-refractivity contribution is -0.104. The number of rotatable bonds is 9. The van der Waals surface area contributed by atoms with Gasteiger partial charge in [-0.2, -0.15) is 0 Å². The molecule has 27 heavy (non-hydrogen) atoms. The van der Waals surface area contributed by atoms with Crippen molar-refractivity contribution in [2.75, 3.05) is 52.0 Å². The van der Waals surface area contributed by atoms with Crippen molar-refractivity contribution in [3.8, 4) is 5.75 Å². The van der Waals surface area contributed by atoms with Gasteiger partial charge in [0.1, 0.15) is 12.0 Å². The first-order valence-corrected chi connectivity index (χ1v) is 8.97. The molecule has 1 aromatic carbocycles. The van der Waals surface area contributed by atoms with E-state index >= 15 is 0 Å². The zero-order valence-corrected chi connectivity index (χ0v) is 17.6. The predicted molar refractivity (Wildman–Crippen MR) is 120 cm³/mol. The van der Waals surface area contributed by atoms with Gasteiger partial charge in [-0.25, -0.2) is 0 Å². The fourth-order valence-electron chi connectivity index (χ4n) is 2.00. The van der Waals surface area contributed by atoms with Crippen LogP contribution in [0, 0.1) is 0 Å². The summed E-state index contributed by atoms with van der Waals surface area (Å²) in [6, 6.07) is 5.92. The molecular weight excluding hydrogens is 338 g/mol. The van der Waals surface area contributed by atoms with Gasteiger partial charge in [0.05, 0.1) is 12.8 Å². The SMILES string of the molecule is C=C/C=C/C.C=CC=O.COc1ccc(N(C)CCCCN(C)C)cc1N. The van der Waals surface area contributed by atoms with Crippen molar-refractivity contribution in [3.63, 3.8) is 0 Å². The molecule has 0 heterocycles. The van der Waals surface area contributed by atoms with Crippen molar-refractivity contribution in [2.45, 2.75) is 19.8 Å². The Morgan fingerprint density at radius 3 is 2.07 bits per heavy atom. The van der Waals surface area contributed by atoms with Crippen molar-refractivity contribution in [1.29, 1.82) is 0 Å². The van der Waals surface area contributed by atoms with E-state index in [0.717, 1.165) is 24.5 Å². The van der Waals surface area contributed by atoms with E-state index in [0.29, 0.717) is 12.0 Å². The Hall–Kier alpha value is -2.53. The number of unbranched alkanes of at least 4 members (excludes halogenated alkanes) is 1. The summed E-state index contributed by atoms with van der Waals surface area (Å²) in [5.41, 5.74) is 7.73. The lowest BCUT2D eigenvalue weighted by atomic mass is 10.2. The van der Waals surface area contributed by atoms with Crippen LogP contribution in [0.3, 0.4) is 0 Å². The van der Waals surface area contributed by atoms with Crippen molar-refractivity contribution >= 4 is 17.7 Å². The van der Waals surface area contributed by atoms with Gasteiger partial charge in [-0.3, -0.25) is 4.79 Å². The number of ether oxygens (including phenoxy) is 1. The van der Waals surface area contributed by atoms with E-state index in [4.69, 9.17) is 15.3 Å². The molecule has 0 atom stereocenters. The molecule has 0 aliphatic heterocycles. The first kappa shape index (κ1) is 26.7. The molecule has 2 N–H and O–H groups in total. The minimum Gasteiger partial charge on any atom is -0.495 e. The molecule has 0 fully saturated rings. The highest BCUT2D eigenvalue weighted by Crippen LogP contribution is 2.26. The summed E-state index contributed by atoms with van der Waals surface area (Å²) in [7, 11) is 7.94. The number of nitrogens with two attached hydrogens (primary N) is 1. The van der Waals surface area contributed by atoms with Crippen LogP contribution in [0.25, 0.3) is 0 Å². The van der Waals surface area contributed by atoms with Crippen LogP contribution in [0.4, 0.5) is 11.4 Å². The van der Waals surface area contributed by atoms with Crippen LogP contribution in [-0.4, -0.2) is 52.5 Å². The van der Waals surface area contributed by atoms with Gasteiger partial charge in [-0.15, -0.1) is 0 Å². The molecule has 0 spiro atoms. The van der Waals surface area contributed by atoms with E-state index in [1.807, 2.05) is 37.3 Å². The number of hydrogen-bond donors (Lipinski definition) is 1. The fourth-order valence-corrected chi connectivity index (χ4v) is 2.00. The Balaban J connectivity index is 0. The molecule has 0 unspecified atom stereocenters. The van der Waals surface area contributed by atoms with Crippen LogP contribution >= 0.6 is 0 Å². The molecule has 0 amide bonds. The van der Waals surface area contributed by atoms with E-state index < -0.39 is 0 Å². The lowest BCUT2D eigenvalue weighted by Gasteiger charge is -2.20. The number of carbonyl (C=O) groups is 1. The molecule has 0 aliphatic rings. The maximum absolute atomic E-state index is 9.06. The monoisotopic (exact) mass is 375 g/mol. The second kappa shape index (κ2) is 18.3. The Kier molecular flexibility index (Phi) is 18.1. The number of aldehydes is 1. The van der Waals surface area contributed by atoms with Gasteiger partial charge in [0.2, 0.25) is 0 Å². The molecule has 0 bridgehead atoms. The van der Waals surface area contributed by atoms with Gasteiger partial charge in [0.25, 0.3) is 0 Å². The van der Waals surface area contributed by atoms with Crippen LogP contribution in [0.5, 0.6) is 5.75 Å². The number of hydrogen-bond acceptors (Lipinski definition) is 5. The van der Waals surface area contributed by atoms with Crippen LogP contribution in [0.2, 0.25) is 0 Å². The first-order valence-electron chi connectivity index (χ1n) is 8.97. The lowest BCUT2D eigenvalue weighted by Crippen LogP contribution is -2.20. The van der Waals surface area contributed by atoms with Crippen molar-refractivity contribution < 1.29 is 9.53 Å². The molecular formula is C22H37N3O2. The summed E-state index contributed by atoms with van der Waals surface area (Å²) >= 11 is 0. The largest absolute Gasteiger partial charge is 0.495 e. The summed E-state index contributed by atoms with van der Waals surface area (Å²) in [5, 5.41) is 0. The van der Waals surface area contributed by atoms with Crippen molar-refractivity contribution in [1.82, 2.24) is 4.90 Å². The highest BCUT2D eigenvalue weighted by Gasteiger charge is 2.04. The summed E-state index contributed by atoms with van der Waals surface area (Å²) in [4.78, 5) is 13.5. The maximum Gasteiger partial charge on any atom is 0.142 e. The normalized spacial score (nSPS) is 9.56. The van der Waals surface area contributed by atoms with Crippen molar-refractivity contribution in [3.05, 3.63) is 55.7 Å². The molecule has 5 heteroatoms. The molecule has 0 radical (unpaired) electrons. The van der Waals surface area contributed by atoms with E-state index in [-0.39, 0.29) is 0 Å². The number of methoxy groups -OCH3 is 1. The zero-order valence-electron chi connectivity index (χ0n) is 17.6. The van der Waals surface area contributed by atoms with Gasteiger partial charge in [0.15, 0.2) is 0 Å². The molecule has 0 saturated carbocycles. The molecule has 0 aliphatic carbocycles.